The van der Waals surface area contributed by atoms with E-state index in [1.54, 1.807) is 14.1 Å². The highest BCUT2D eigenvalue weighted by atomic mass is 127. The lowest BCUT2D eigenvalue weighted by molar-refractivity contribution is 0.0963. The molecule has 1 atom stereocenters. The molecule has 2 aromatic carbocycles. The predicted octanol–water partition coefficient (Wildman–Crippen LogP) is 4.07. The van der Waals surface area contributed by atoms with Crippen LogP contribution in [-0.4, -0.2) is 50.5 Å². The van der Waals surface area contributed by atoms with Gasteiger partial charge in [-0.2, -0.15) is 0 Å². The highest BCUT2D eigenvalue weighted by Crippen LogP contribution is 2.26. The summed E-state index contributed by atoms with van der Waals surface area (Å²) in [7, 11) is 3.38. The van der Waals surface area contributed by atoms with Crippen molar-refractivity contribution >= 4 is 47.4 Å². The van der Waals surface area contributed by atoms with Crippen LogP contribution >= 0.6 is 35.6 Å². The van der Waals surface area contributed by atoms with Gasteiger partial charge in [-0.05, 0) is 42.4 Å². The number of rotatable bonds is 9. The van der Waals surface area contributed by atoms with Gasteiger partial charge >= 0.3 is 0 Å². The first-order valence-corrected chi connectivity index (χ1v) is 10.7. The van der Waals surface area contributed by atoms with Crippen LogP contribution in [0.25, 0.3) is 0 Å². The lowest BCUT2D eigenvalue weighted by Crippen LogP contribution is -2.43. The number of benzene rings is 2. The second-order valence-electron chi connectivity index (χ2n) is 6.84. The minimum atomic E-state index is -0.0889. The van der Waals surface area contributed by atoms with Crippen LogP contribution in [0.15, 0.2) is 53.5 Å². The fourth-order valence-corrected chi connectivity index (χ4v) is 3.63. The summed E-state index contributed by atoms with van der Waals surface area (Å²) in [5.74, 6) is 0.628. The normalized spacial score (nSPS) is 12.1. The Hall–Kier alpha value is -1.84. The quantitative estimate of drug-likeness (QED) is 0.247. The van der Waals surface area contributed by atoms with E-state index >= 15 is 0 Å². The van der Waals surface area contributed by atoms with Gasteiger partial charge in [-0.1, -0.05) is 55.8 Å². The number of hydrogen-bond donors (Lipinski definition) is 3. The van der Waals surface area contributed by atoms with Crippen LogP contribution in [0.3, 0.4) is 0 Å². The van der Waals surface area contributed by atoms with Crippen LogP contribution in [-0.2, 0) is 6.54 Å². The molecule has 0 aliphatic rings. The average Bonchev–Trinajstić information content (AvgIpc) is 2.79. The van der Waals surface area contributed by atoms with E-state index in [2.05, 4.69) is 45.8 Å². The number of hydrogen-bond acceptors (Lipinski definition) is 3. The van der Waals surface area contributed by atoms with E-state index in [0.717, 1.165) is 35.2 Å². The van der Waals surface area contributed by atoms with Crippen molar-refractivity contribution in [2.75, 3.05) is 33.7 Å². The van der Waals surface area contributed by atoms with Crippen molar-refractivity contribution in [1.29, 1.82) is 0 Å². The first-order valence-electron chi connectivity index (χ1n) is 10.3. The zero-order valence-corrected chi connectivity index (χ0v) is 21.7. The number of likely N-dealkylation sites (N-methyl/N-ethyl adjacent to an activating group) is 1. The van der Waals surface area contributed by atoms with Gasteiger partial charge < -0.3 is 16.0 Å². The molecule has 0 aliphatic heterocycles. The van der Waals surface area contributed by atoms with Gasteiger partial charge in [-0.15, -0.1) is 24.0 Å². The molecule has 170 valence electrons. The first kappa shape index (κ1) is 27.2. The fraction of sp³-hybridized carbons (Fsp3) is 0.391. The number of carbonyl (C=O) groups is 1. The zero-order valence-electron chi connectivity index (χ0n) is 18.6. The van der Waals surface area contributed by atoms with Crippen molar-refractivity contribution < 1.29 is 4.79 Å². The van der Waals surface area contributed by atoms with E-state index in [-0.39, 0.29) is 35.9 Å². The van der Waals surface area contributed by atoms with Crippen LogP contribution in [0.2, 0.25) is 5.02 Å². The molecule has 8 heteroatoms. The minimum absolute atomic E-state index is 0. The number of guanidine groups is 1. The van der Waals surface area contributed by atoms with Crippen LogP contribution < -0.4 is 16.0 Å². The SMILES string of the molecule is CCN(CC)C(CNC(=NC)NCc1ccc(C(=O)NC)cc1)c1ccccc1Cl.I. The smallest absolute Gasteiger partial charge is 0.251 e. The summed E-state index contributed by atoms with van der Waals surface area (Å²) >= 11 is 6.48. The first-order chi connectivity index (χ1) is 14.5. The molecule has 6 nitrogen and oxygen atoms in total. The summed E-state index contributed by atoms with van der Waals surface area (Å²) in [5, 5.41) is 10.2. The molecule has 0 saturated heterocycles. The van der Waals surface area contributed by atoms with Crippen molar-refractivity contribution in [1.82, 2.24) is 20.9 Å². The third-order valence-electron chi connectivity index (χ3n) is 5.11. The molecule has 2 rings (SSSR count). The lowest BCUT2D eigenvalue weighted by atomic mass is 10.0. The zero-order chi connectivity index (χ0) is 21.9. The Morgan fingerprint density at radius 1 is 1.06 bits per heavy atom. The summed E-state index contributed by atoms with van der Waals surface area (Å²) in [6, 6.07) is 15.6. The van der Waals surface area contributed by atoms with Crippen LogP contribution in [0.4, 0.5) is 0 Å². The van der Waals surface area contributed by atoms with Gasteiger partial charge in [-0.25, -0.2) is 0 Å². The fourth-order valence-electron chi connectivity index (χ4n) is 3.36. The summed E-state index contributed by atoms with van der Waals surface area (Å²) in [5.41, 5.74) is 2.82. The number of carbonyl (C=O) groups excluding carboxylic acids is 1. The van der Waals surface area contributed by atoms with Crippen molar-refractivity contribution in [3.05, 3.63) is 70.2 Å². The van der Waals surface area contributed by atoms with Crippen molar-refractivity contribution in [3.63, 3.8) is 0 Å². The Labute approximate surface area is 207 Å². The molecular formula is C23H33ClIN5O. The molecule has 0 aromatic heterocycles. The molecule has 0 bridgehead atoms. The van der Waals surface area contributed by atoms with E-state index in [4.69, 9.17) is 11.6 Å². The van der Waals surface area contributed by atoms with Gasteiger partial charge in [0.15, 0.2) is 5.96 Å². The molecule has 1 amide bonds. The third kappa shape index (κ3) is 7.97. The highest BCUT2D eigenvalue weighted by Gasteiger charge is 2.20. The lowest BCUT2D eigenvalue weighted by Gasteiger charge is -2.31. The second kappa shape index (κ2) is 14.3. The van der Waals surface area contributed by atoms with Crippen molar-refractivity contribution in [2.45, 2.75) is 26.4 Å². The topological polar surface area (TPSA) is 68.8 Å². The van der Waals surface area contributed by atoms with Gasteiger partial charge in [0.1, 0.15) is 0 Å². The number of amides is 1. The molecule has 0 radical (unpaired) electrons. The second-order valence-corrected chi connectivity index (χ2v) is 7.25. The maximum atomic E-state index is 11.7. The third-order valence-corrected chi connectivity index (χ3v) is 5.45. The number of nitrogens with one attached hydrogen (secondary N) is 3. The van der Waals surface area contributed by atoms with Crippen LogP contribution in [0.5, 0.6) is 0 Å². The molecule has 2 aromatic rings. The van der Waals surface area contributed by atoms with E-state index in [1.807, 2.05) is 42.5 Å². The standard InChI is InChI=1S/C23H32ClN5O.HI/c1-5-29(6-2)21(19-9-7-8-10-20(19)24)16-28-23(26-4)27-15-17-11-13-18(14-12-17)22(30)25-3;/h7-14,21H,5-6,15-16H2,1-4H3,(H,25,30)(H2,26,27,28);1H. The average molecular weight is 558 g/mol. The largest absolute Gasteiger partial charge is 0.355 e. The van der Waals surface area contributed by atoms with E-state index in [1.165, 1.54) is 0 Å². The van der Waals surface area contributed by atoms with Gasteiger partial charge in [0.25, 0.3) is 5.91 Å². The van der Waals surface area contributed by atoms with E-state index in [0.29, 0.717) is 18.7 Å². The highest BCUT2D eigenvalue weighted by molar-refractivity contribution is 14.0. The van der Waals surface area contributed by atoms with Crippen molar-refractivity contribution in [3.8, 4) is 0 Å². The molecule has 0 fully saturated rings. The van der Waals surface area contributed by atoms with E-state index < -0.39 is 0 Å². The minimum Gasteiger partial charge on any atom is -0.355 e. The van der Waals surface area contributed by atoms with Gasteiger partial charge in [0.2, 0.25) is 0 Å². The summed E-state index contributed by atoms with van der Waals surface area (Å²) < 4.78 is 0. The Morgan fingerprint density at radius 2 is 1.71 bits per heavy atom. The Morgan fingerprint density at radius 3 is 2.26 bits per heavy atom. The molecule has 31 heavy (non-hydrogen) atoms. The molecule has 3 N–H and O–H groups in total. The van der Waals surface area contributed by atoms with Gasteiger partial charge in [0, 0.05) is 37.8 Å². The maximum absolute atomic E-state index is 11.7. The molecule has 0 aliphatic carbocycles. The number of nitrogens with zero attached hydrogens (tertiary/aromatic N) is 2. The Kier molecular flexibility index (Phi) is 12.5. The molecule has 0 heterocycles. The van der Waals surface area contributed by atoms with Gasteiger partial charge in [0.05, 0.1) is 6.04 Å². The van der Waals surface area contributed by atoms with Gasteiger partial charge in [-0.3, -0.25) is 14.7 Å². The Balaban J connectivity index is 0.00000480. The van der Waals surface area contributed by atoms with E-state index in [9.17, 15) is 4.79 Å². The maximum Gasteiger partial charge on any atom is 0.251 e. The van der Waals surface area contributed by atoms with Crippen LogP contribution in [0.1, 0.15) is 41.4 Å². The summed E-state index contributed by atoms with van der Waals surface area (Å²) in [4.78, 5) is 18.4. The molecular weight excluding hydrogens is 525 g/mol. The number of halogens is 2. The summed E-state index contributed by atoms with van der Waals surface area (Å²) in [6.07, 6.45) is 0. The number of aliphatic imine (C=N–C) groups is 1. The molecule has 0 saturated carbocycles. The Bertz CT molecular complexity index is 840. The monoisotopic (exact) mass is 557 g/mol. The molecule has 1 unspecified atom stereocenters. The van der Waals surface area contributed by atoms with Crippen molar-refractivity contribution in [2.24, 2.45) is 4.99 Å². The van der Waals surface area contributed by atoms with Crippen LogP contribution in [0, 0.1) is 0 Å². The predicted molar refractivity (Wildman–Crippen MR) is 141 cm³/mol. The summed E-state index contributed by atoms with van der Waals surface area (Å²) in [6.45, 7) is 7.46. The molecule has 0 spiro atoms.